The summed E-state index contributed by atoms with van der Waals surface area (Å²) < 4.78 is 15.3. The van der Waals surface area contributed by atoms with E-state index in [4.69, 9.17) is 21.4 Å². The molecule has 2 aromatic carbocycles. The van der Waals surface area contributed by atoms with Gasteiger partial charge in [-0.3, -0.25) is 9.79 Å². The minimum Gasteiger partial charge on any atom is -0.403 e. The number of benzene rings is 2. The van der Waals surface area contributed by atoms with E-state index in [9.17, 15) is 4.57 Å². The molecule has 0 aliphatic carbocycles. The minimum absolute atomic E-state index is 0.0358. The quantitative estimate of drug-likeness (QED) is 0.847. The van der Waals surface area contributed by atoms with Crippen molar-refractivity contribution in [1.29, 1.82) is 0 Å². The Bertz CT molecular complexity index is 594. The van der Waals surface area contributed by atoms with Gasteiger partial charge in [0.1, 0.15) is 0 Å². The van der Waals surface area contributed by atoms with E-state index in [1.165, 1.54) is 6.07 Å². The van der Waals surface area contributed by atoms with Crippen molar-refractivity contribution in [2.45, 2.75) is 0 Å². The smallest absolute Gasteiger partial charge is 0.403 e. The van der Waals surface area contributed by atoms with Crippen LogP contribution in [0, 0.1) is 0 Å². The molecule has 0 amide bonds. The van der Waals surface area contributed by atoms with Crippen molar-refractivity contribution in [1.82, 2.24) is 0 Å². The van der Waals surface area contributed by atoms with Crippen molar-refractivity contribution >= 4 is 19.4 Å². The molecule has 0 saturated heterocycles. The van der Waals surface area contributed by atoms with Crippen LogP contribution in [0.5, 0.6) is 5.75 Å². The highest BCUT2D eigenvalue weighted by Gasteiger charge is 2.19. The maximum Gasteiger partial charge on any atom is 0.524 e. The SMILES string of the molecule is O=P(O)(O)Oc1cccc(-c2ccccc2)c1Cl. The van der Waals surface area contributed by atoms with Gasteiger partial charge < -0.3 is 4.52 Å². The average molecular weight is 285 g/mol. The largest absolute Gasteiger partial charge is 0.524 e. The second-order valence-electron chi connectivity index (χ2n) is 3.57. The molecule has 0 fully saturated rings. The van der Waals surface area contributed by atoms with Crippen LogP contribution in [-0.4, -0.2) is 9.79 Å². The molecule has 0 aromatic heterocycles. The summed E-state index contributed by atoms with van der Waals surface area (Å²) in [6.45, 7) is 0. The van der Waals surface area contributed by atoms with Gasteiger partial charge in [-0.05, 0) is 11.6 Å². The van der Waals surface area contributed by atoms with E-state index in [2.05, 4.69) is 4.52 Å². The second-order valence-corrected chi connectivity index (χ2v) is 5.11. The van der Waals surface area contributed by atoms with Gasteiger partial charge in [0, 0.05) is 5.56 Å². The summed E-state index contributed by atoms with van der Waals surface area (Å²) in [4.78, 5) is 17.6. The lowest BCUT2D eigenvalue weighted by Gasteiger charge is -2.11. The number of hydrogen-bond donors (Lipinski definition) is 2. The van der Waals surface area contributed by atoms with Gasteiger partial charge >= 0.3 is 7.82 Å². The lowest BCUT2D eigenvalue weighted by atomic mass is 10.1. The van der Waals surface area contributed by atoms with Crippen molar-refractivity contribution in [2.75, 3.05) is 0 Å². The van der Waals surface area contributed by atoms with Crippen molar-refractivity contribution in [2.24, 2.45) is 0 Å². The Morgan fingerprint density at radius 2 is 1.67 bits per heavy atom. The highest BCUT2D eigenvalue weighted by Crippen LogP contribution is 2.43. The van der Waals surface area contributed by atoms with Crippen LogP contribution in [0.25, 0.3) is 11.1 Å². The van der Waals surface area contributed by atoms with Crippen LogP contribution in [0.2, 0.25) is 5.02 Å². The molecule has 0 spiro atoms. The van der Waals surface area contributed by atoms with Crippen LogP contribution < -0.4 is 4.52 Å². The Morgan fingerprint density at radius 3 is 2.28 bits per heavy atom. The zero-order valence-electron chi connectivity index (χ0n) is 9.15. The lowest BCUT2D eigenvalue weighted by molar-refractivity contribution is 0.283. The normalized spacial score (nSPS) is 11.3. The van der Waals surface area contributed by atoms with Gasteiger partial charge in [0.25, 0.3) is 0 Å². The van der Waals surface area contributed by atoms with Crippen LogP contribution in [0.15, 0.2) is 48.5 Å². The molecule has 2 aromatic rings. The van der Waals surface area contributed by atoms with E-state index in [0.717, 1.165) is 5.56 Å². The Labute approximate surface area is 109 Å². The number of phosphoric ester groups is 1. The highest BCUT2D eigenvalue weighted by molar-refractivity contribution is 7.46. The zero-order chi connectivity index (χ0) is 13.2. The van der Waals surface area contributed by atoms with Crippen LogP contribution in [-0.2, 0) is 4.57 Å². The third-order valence-corrected chi connectivity index (χ3v) is 3.09. The molecule has 0 bridgehead atoms. The van der Waals surface area contributed by atoms with Crippen LogP contribution in [0.1, 0.15) is 0 Å². The van der Waals surface area contributed by atoms with Crippen molar-refractivity contribution in [3.63, 3.8) is 0 Å². The van der Waals surface area contributed by atoms with E-state index >= 15 is 0 Å². The molecule has 0 atom stereocenters. The molecule has 0 heterocycles. The summed E-state index contributed by atoms with van der Waals surface area (Å²) in [6.07, 6.45) is 0. The first-order valence-corrected chi connectivity index (χ1v) is 6.97. The fourth-order valence-electron chi connectivity index (χ4n) is 1.55. The molecule has 0 radical (unpaired) electrons. The van der Waals surface area contributed by atoms with Crippen molar-refractivity contribution in [3.05, 3.63) is 53.6 Å². The number of phosphoric acid groups is 1. The molecule has 0 saturated carbocycles. The third kappa shape index (κ3) is 3.12. The minimum atomic E-state index is -4.61. The molecular weight excluding hydrogens is 275 g/mol. The average Bonchev–Trinajstić information content (AvgIpc) is 2.31. The molecule has 2 rings (SSSR count). The van der Waals surface area contributed by atoms with Crippen molar-refractivity contribution in [3.8, 4) is 16.9 Å². The highest BCUT2D eigenvalue weighted by atomic mass is 35.5. The fraction of sp³-hybridized carbons (Fsp3) is 0. The first-order valence-electron chi connectivity index (χ1n) is 5.06. The van der Waals surface area contributed by atoms with E-state index in [1.807, 2.05) is 30.3 Å². The standard InChI is InChI=1S/C12H10ClO4P/c13-12-10(9-5-2-1-3-6-9)7-4-8-11(12)17-18(14,15)16/h1-8H,(H2,14,15,16). The molecule has 4 nitrogen and oxygen atoms in total. The third-order valence-electron chi connectivity index (χ3n) is 2.27. The van der Waals surface area contributed by atoms with Crippen LogP contribution in [0.4, 0.5) is 0 Å². The zero-order valence-corrected chi connectivity index (χ0v) is 10.8. The van der Waals surface area contributed by atoms with Crippen LogP contribution in [0.3, 0.4) is 0 Å². The van der Waals surface area contributed by atoms with Gasteiger partial charge in [0.15, 0.2) is 5.75 Å². The monoisotopic (exact) mass is 284 g/mol. The Balaban J connectivity index is 2.46. The number of halogens is 1. The first kappa shape index (κ1) is 13.1. The number of hydrogen-bond acceptors (Lipinski definition) is 2. The molecule has 2 N–H and O–H groups in total. The molecule has 0 aliphatic rings. The van der Waals surface area contributed by atoms with Gasteiger partial charge in [-0.2, -0.15) is 0 Å². The summed E-state index contributed by atoms with van der Waals surface area (Å²) in [5, 5.41) is 0.173. The molecular formula is C12H10ClO4P. The Morgan fingerprint density at radius 1 is 1.00 bits per heavy atom. The van der Waals surface area contributed by atoms with Gasteiger partial charge in [-0.25, -0.2) is 4.57 Å². The van der Waals surface area contributed by atoms with E-state index < -0.39 is 7.82 Å². The van der Waals surface area contributed by atoms with E-state index in [0.29, 0.717) is 5.56 Å². The molecule has 18 heavy (non-hydrogen) atoms. The summed E-state index contributed by atoms with van der Waals surface area (Å²) >= 11 is 6.08. The fourth-order valence-corrected chi connectivity index (χ4v) is 2.29. The topological polar surface area (TPSA) is 66.8 Å². The molecule has 0 unspecified atom stereocenters. The summed E-state index contributed by atoms with van der Waals surface area (Å²) in [5.41, 5.74) is 1.50. The summed E-state index contributed by atoms with van der Waals surface area (Å²) in [7, 11) is -4.61. The molecule has 6 heteroatoms. The first-order chi connectivity index (χ1) is 8.47. The van der Waals surface area contributed by atoms with E-state index in [-0.39, 0.29) is 10.8 Å². The predicted molar refractivity (Wildman–Crippen MR) is 69.6 cm³/mol. The van der Waals surface area contributed by atoms with Gasteiger partial charge in [-0.15, -0.1) is 0 Å². The lowest BCUT2D eigenvalue weighted by Crippen LogP contribution is -1.92. The van der Waals surface area contributed by atoms with Crippen molar-refractivity contribution < 1.29 is 18.9 Å². The maximum absolute atomic E-state index is 10.8. The predicted octanol–water partition coefficient (Wildman–Crippen LogP) is 3.48. The maximum atomic E-state index is 10.8. The molecule has 94 valence electrons. The van der Waals surface area contributed by atoms with Gasteiger partial charge in [-0.1, -0.05) is 54.1 Å². The van der Waals surface area contributed by atoms with Gasteiger partial charge in [0.05, 0.1) is 5.02 Å². The molecule has 0 aliphatic heterocycles. The Kier molecular flexibility index (Phi) is 3.73. The Hall–Kier alpha value is -1.32. The second kappa shape index (κ2) is 5.12. The van der Waals surface area contributed by atoms with E-state index in [1.54, 1.807) is 12.1 Å². The van der Waals surface area contributed by atoms with Crippen LogP contribution >= 0.6 is 19.4 Å². The number of rotatable bonds is 3. The summed E-state index contributed by atoms with van der Waals surface area (Å²) in [6, 6.07) is 14.1. The summed E-state index contributed by atoms with van der Waals surface area (Å²) in [5.74, 6) is -0.0358. The van der Waals surface area contributed by atoms with Gasteiger partial charge in [0.2, 0.25) is 0 Å².